The maximum atomic E-state index is 12.3. The molecule has 1 aliphatic heterocycles. The average molecular weight is 312 g/mol. The highest BCUT2D eigenvalue weighted by molar-refractivity contribution is 5.85. The Morgan fingerprint density at radius 3 is 2.55 bits per heavy atom. The quantitative estimate of drug-likeness (QED) is 0.575. The predicted octanol–water partition coefficient (Wildman–Crippen LogP) is -0.251. The molecule has 1 aliphatic rings. The van der Waals surface area contributed by atoms with Crippen LogP contribution in [0.5, 0.6) is 0 Å². The lowest BCUT2D eigenvalue weighted by atomic mass is 10.0. The Morgan fingerprint density at radius 2 is 1.86 bits per heavy atom. The zero-order valence-corrected chi connectivity index (χ0v) is 13.4. The summed E-state index contributed by atoms with van der Waals surface area (Å²) in [7, 11) is 0. The van der Waals surface area contributed by atoms with Gasteiger partial charge < -0.3 is 21.3 Å². The molecule has 1 rings (SSSR count). The highest BCUT2D eigenvalue weighted by Gasteiger charge is 2.26. The molecule has 0 radical (unpaired) electrons. The van der Waals surface area contributed by atoms with Gasteiger partial charge in [0.2, 0.25) is 17.7 Å². The molecule has 1 atom stereocenters. The molecule has 0 aromatic carbocycles. The number of hydrogen-bond acceptors (Lipinski definition) is 4. The largest absolute Gasteiger partial charge is 0.354 e. The van der Waals surface area contributed by atoms with Gasteiger partial charge in [0.15, 0.2) is 0 Å². The van der Waals surface area contributed by atoms with Crippen molar-refractivity contribution in [2.75, 3.05) is 26.2 Å². The standard InChI is InChI=1S/C15H28N4O3/c1-2-5-13(20)18-11-15(22)19-9-4-3-6-12(19)10-17-14(21)7-8-16/h12H,2-11,16H2,1H3,(H,17,21)(H,18,20). The second-order valence-electron chi connectivity index (χ2n) is 5.61. The summed E-state index contributed by atoms with van der Waals surface area (Å²) in [5.41, 5.74) is 5.34. The lowest BCUT2D eigenvalue weighted by molar-refractivity contribution is -0.136. The van der Waals surface area contributed by atoms with Crippen LogP contribution in [0, 0.1) is 0 Å². The van der Waals surface area contributed by atoms with Crippen molar-refractivity contribution in [1.29, 1.82) is 0 Å². The maximum Gasteiger partial charge on any atom is 0.242 e. The molecule has 0 saturated carbocycles. The van der Waals surface area contributed by atoms with Crippen LogP contribution in [0.2, 0.25) is 0 Å². The number of likely N-dealkylation sites (tertiary alicyclic amines) is 1. The van der Waals surface area contributed by atoms with Gasteiger partial charge in [-0.1, -0.05) is 6.92 Å². The summed E-state index contributed by atoms with van der Waals surface area (Å²) >= 11 is 0. The van der Waals surface area contributed by atoms with E-state index in [2.05, 4.69) is 10.6 Å². The number of nitrogens with two attached hydrogens (primary N) is 1. The van der Waals surface area contributed by atoms with Gasteiger partial charge in [-0.2, -0.15) is 0 Å². The maximum absolute atomic E-state index is 12.3. The van der Waals surface area contributed by atoms with Crippen LogP contribution in [0.15, 0.2) is 0 Å². The summed E-state index contributed by atoms with van der Waals surface area (Å²) < 4.78 is 0. The lowest BCUT2D eigenvalue weighted by Crippen LogP contribution is -2.52. The van der Waals surface area contributed by atoms with E-state index in [1.165, 1.54) is 0 Å². The fraction of sp³-hybridized carbons (Fsp3) is 0.800. The van der Waals surface area contributed by atoms with Crippen LogP contribution in [0.1, 0.15) is 45.4 Å². The average Bonchev–Trinajstić information content (AvgIpc) is 2.51. The van der Waals surface area contributed by atoms with E-state index in [0.717, 1.165) is 25.7 Å². The second kappa shape index (κ2) is 10.2. The molecule has 1 heterocycles. The van der Waals surface area contributed by atoms with E-state index in [9.17, 15) is 14.4 Å². The number of nitrogens with zero attached hydrogens (tertiary/aromatic N) is 1. The normalized spacial score (nSPS) is 17.9. The minimum atomic E-state index is -0.0966. The molecule has 7 nitrogen and oxygen atoms in total. The number of amides is 3. The molecule has 3 amide bonds. The van der Waals surface area contributed by atoms with Gasteiger partial charge in [0.05, 0.1) is 6.54 Å². The molecule has 4 N–H and O–H groups in total. The van der Waals surface area contributed by atoms with Gasteiger partial charge in [-0.05, 0) is 25.7 Å². The second-order valence-corrected chi connectivity index (χ2v) is 5.61. The Hall–Kier alpha value is -1.63. The number of carbonyl (C=O) groups is 3. The van der Waals surface area contributed by atoms with Crippen molar-refractivity contribution >= 4 is 17.7 Å². The van der Waals surface area contributed by atoms with Crippen LogP contribution in [-0.4, -0.2) is 54.8 Å². The molecule has 7 heteroatoms. The van der Waals surface area contributed by atoms with Gasteiger partial charge in [-0.15, -0.1) is 0 Å². The molecule has 0 aromatic heterocycles. The summed E-state index contributed by atoms with van der Waals surface area (Å²) in [6, 6.07) is 0.00560. The molecule has 0 bridgehead atoms. The van der Waals surface area contributed by atoms with Crippen LogP contribution < -0.4 is 16.4 Å². The molecule has 0 spiro atoms. The molecule has 22 heavy (non-hydrogen) atoms. The number of piperidine rings is 1. The van der Waals surface area contributed by atoms with E-state index in [1.807, 2.05) is 6.92 Å². The predicted molar refractivity (Wildman–Crippen MR) is 84.0 cm³/mol. The molecule has 1 fully saturated rings. The highest BCUT2D eigenvalue weighted by Crippen LogP contribution is 2.16. The van der Waals surface area contributed by atoms with Crippen LogP contribution in [0.3, 0.4) is 0 Å². The van der Waals surface area contributed by atoms with E-state index in [-0.39, 0.29) is 30.3 Å². The Morgan fingerprint density at radius 1 is 1.14 bits per heavy atom. The van der Waals surface area contributed by atoms with Crippen molar-refractivity contribution in [2.45, 2.75) is 51.5 Å². The van der Waals surface area contributed by atoms with E-state index in [0.29, 0.717) is 32.5 Å². The van der Waals surface area contributed by atoms with Crippen molar-refractivity contribution in [3.05, 3.63) is 0 Å². The fourth-order valence-corrected chi connectivity index (χ4v) is 2.58. The Kier molecular flexibility index (Phi) is 8.50. The third-order valence-electron chi connectivity index (χ3n) is 3.77. The number of rotatable bonds is 8. The number of carbonyl (C=O) groups excluding carboxylic acids is 3. The summed E-state index contributed by atoms with van der Waals surface area (Å²) in [6.07, 6.45) is 4.38. The van der Waals surface area contributed by atoms with E-state index < -0.39 is 0 Å². The van der Waals surface area contributed by atoms with Crippen molar-refractivity contribution < 1.29 is 14.4 Å². The third kappa shape index (κ3) is 6.43. The fourth-order valence-electron chi connectivity index (χ4n) is 2.58. The van der Waals surface area contributed by atoms with E-state index >= 15 is 0 Å². The molecule has 126 valence electrons. The van der Waals surface area contributed by atoms with Crippen LogP contribution in [0.25, 0.3) is 0 Å². The third-order valence-corrected chi connectivity index (χ3v) is 3.77. The van der Waals surface area contributed by atoms with E-state index in [1.54, 1.807) is 4.90 Å². The minimum Gasteiger partial charge on any atom is -0.354 e. The first-order valence-electron chi connectivity index (χ1n) is 8.11. The minimum absolute atomic E-state index is 0.00560. The molecular weight excluding hydrogens is 284 g/mol. The first-order chi connectivity index (χ1) is 10.6. The van der Waals surface area contributed by atoms with Crippen molar-refractivity contribution in [3.63, 3.8) is 0 Å². The van der Waals surface area contributed by atoms with Crippen molar-refractivity contribution in [2.24, 2.45) is 5.73 Å². The van der Waals surface area contributed by atoms with Gasteiger partial charge >= 0.3 is 0 Å². The summed E-state index contributed by atoms with van der Waals surface area (Å²) in [6.45, 7) is 3.41. The van der Waals surface area contributed by atoms with Gasteiger partial charge in [0.1, 0.15) is 0 Å². The summed E-state index contributed by atoms with van der Waals surface area (Å²) in [5.74, 6) is -0.264. The molecule has 0 aliphatic carbocycles. The van der Waals surface area contributed by atoms with Crippen LogP contribution in [-0.2, 0) is 14.4 Å². The van der Waals surface area contributed by atoms with Gasteiger partial charge in [-0.3, -0.25) is 14.4 Å². The SMILES string of the molecule is CCCC(=O)NCC(=O)N1CCCCC1CNC(=O)CCN. The number of nitrogens with one attached hydrogen (secondary N) is 2. The Labute approximate surface area is 132 Å². The van der Waals surface area contributed by atoms with Crippen molar-refractivity contribution in [3.8, 4) is 0 Å². The Balaban J connectivity index is 2.44. The van der Waals surface area contributed by atoms with Crippen LogP contribution >= 0.6 is 0 Å². The topological polar surface area (TPSA) is 105 Å². The van der Waals surface area contributed by atoms with E-state index in [4.69, 9.17) is 5.73 Å². The first-order valence-corrected chi connectivity index (χ1v) is 8.11. The molecule has 1 unspecified atom stereocenters. The smallest absolute Gasteiger partial charge is 0.242 e. The van der Waals surface area contributed by atoms with Gasteiger partial charge in [-0.25, -0.2) is 0 Å². The van der Waals surface area contributed by atoms with Crippen molar-refractivity contribution in [1.82, 2.24) is 15.5 Å². The summed E-state index contributed by atoms with van der Waals surface area (Å²) in [5, 5.41) is 5.48. The zero-order chi connectivity index (χ0) is 16.4. The zero-order valence-electron chi connectivity index (χ0n) is 13.4. The van der Waals surface area contributed by atoms with Crippen LogP contribution in [0.4, 0.5) is 0 Å². The summed E-state index contributed by atoms with van der Waals surface area (Å²) in [4.78, 5) is 37.0. The molecule has 0 aromatic rings. The number of hydrogen-bond donors (Lipinski definition) is 3. The van der Waals surface area contributed by atoms with Gasteiger partial charge in [0, 0.05) is 38.5 Å². The first kappa shape index (κ1) is 18.4. The monoisotopic (exact) mass is 312 g/mol. The lowest BCUT2D eigenvalue weighted by Gasteiger charge is -2.36. The highest BCUT2D eigenvalue weighted by atomic mass is 16.2. The van der Waals surface area contributed by atoms with Gasteiger partial charge in [0.25, 0.3) is 0 Å². The Bertz CT molecular complexity index is 387. The molecule has 1 saturated heterocycles. The molecular formula is C15H28N4O3.